The van der Waals surface area contributed by atoms with Crippen molar-refractivity contribution in [2.45, 2.75) is 32.1 Å². The number of aromatic hydroxyl groups is 1. The number of aromatic nitrogens is 1. The third-order valence-electron chi connectivity index (χ3n) is 5.89. The number of rotatable bonds is 7. The number of imide groups is 1. The summed E-state index contributed by atoms with van der Waals surface area (Å²) in [4.78, 5) is 42.4. The standard InChI is InChI=1S/C20H23N3O4/c24-14-5-4-9-21-18(14)22-15(25)6-2-1-3-10-23-19(26)16-12-7-8-13(11-12)17(16)20(23)27/h4-5,7-9,12-13,16-17,24H,1-3,6,10-11H2,(H,21,22,25)/t12-,13-,16+,17+/m0/s1. The van der Waals surface area contributed by atoms with Crippen LogP contribution in [0.2, 0.25) is 0 Å². The zero-order chi connectivity index (χ0) is 19.0. The van der Waals surface area contributed by atoms with Gasteiger partial charge in [0.25, 0.3) is 0 Å². The fourth-order valence-electron chi connectivity index (χ4n) is 4.60. The quantitative estimate of drug-likeness (QED) is 0.436. The lowest BCUT2D eigenvalue weighted by atomic mass is 9.85. The van der Waals surface area contributed by atoms with Gasteiger partial charge in [-0.25, -0.2) is 4.98 Å². The number of carbonyl (C=O) groups is 3. The molecule has 0 unspecified atom stereocenters. The molecule has 7 nitrogen and oxygen atoms in total. The number of nitrogens with one attached hydrogen (secondary N) is 1. The zero-order valence-electron chi connectivity index (χ0n) is 15.0. The minimum absolute atomic E-state index is 0.00906. The molecule has 2 N–H and O–H groups in total. The van der Waals surface area contributed by atoms with E-state index in [4.69, 9.17) is 0 Å². The van der Waals surface area contributed by atoms with Gasteiger partial charge in [0.15, 0.2) is 11.6 Å². The third-order valence-corrected chi connectivity index (χ3v) is 5.89. The van der Waals surface area contributed by atoms with Gasteiger partial charge in [0.1, 0.15) is 0 Å². The molecular formula is C20H23N3O4. The van der Waals surface area contributed by atoms with Crippen molar-refractivity contribution in [2.75, 3.05) is 11.9 Å². The summed E-state index contributed by atoms with van der Waals surface area (Å²) in [7, 11) is 0. The number of nitrogens with zero attached hydrogens (tertiary/aromatic N) is 2. The number of pyridine rings is 1. The largest absolute Gasteiger partial charge is 0.504 e. The van der Waals surface area contributed by atoms with Gasteiger partial charge in [0.05, 0.1) is 11.8 Å². The van der Waals surface area contributed by atoms with Crippen LogP contribution in [0.4, 0.5) is 5.82 Å². The van der Waals surface area contributed by atoms with Crippen molar-refractivity contribution in [1.29, 1.82) is 0 Å². The smallest absolute Gasteiger partial charge is 0.233 e. The molecule has 1 saturated carbocycles. The second-order valence-electron chi connectivity index (χ2n) is 7.56. The lowest BCUT2D eigenvalue weighted by Crippen LogP contribution is -2.33. The summed E-state index contributed by atoms with van der Waals surface area (Å²) in [6.45, 7) is 0.437. The molecule has 1 aliphatic heterocycles. The number of fused-ring (bicyclic) bond motifs is 5. The fraction of sp³-hybridized carbons (Fsp3) is 0.500. The molecule has 3 amide bonds. The molecule has 142 valence electrons. The summed E-state index contributed by atoms with van der Waals surface area (Å²) >= 11 is 0. The van der Waals surface area contributed by atoms with E-state index in [1.807, 2.05) is 0 Å². The second-order valence-corrected chi connectivity index (χ2v) is 7.56. The van der Waals surface area contributed by atoms with Crippen LogP contribution in [0.5, 0.6) is 5.75 Å². The molecule has 2 heterocycles. The number of amides is 3. The predicted molar refractivity (Wildman–Crippen MR) is 97.4 cm³/mol. The summed E-state index contributed by atoms with van der Waals surface area (Å²) in [6.07, 6.45) is 9.03. The van der Waals surface area contributed by atoms with Crippen LogP contribution in [-0.4, -0.2) is 39.3 Å². The molecule has 4 atom stereocenters. The van der Waals surface area contributed by atoms with Gasteiger partial charge in [-0.05, 0) is 43.2 Å². The maximum absolute atomic E-state index is 12.6. The van der Waals surface area contributed by atoms with E-state index in [1.54, 1.807) is 6.07 Å². The molecule has 4 rings (SSSR count). The lowest BCUT2D eigenvalue weighted by molar-refractivity contribution is -0.140. The van der Waals surface area contributed by atoms with Crippen LogP contribution < -0.4 is 5.32 Å². The van der Waals surface area contributed by atoms with Crippen molar-refractivity contribution in [1.82, 2.24) is 9.88 Å². The van der Waals surface area contributed by atoms with Crippen molar-refractivity contribution in [3.63, 3.8) is 0 Å². The van der Waals surface area contributed by atoms with Gasteiger partial charge < -0.3 is 10.4 Å². The first-order valence-corrected chi connectivity index (χ1v) is 9.53. The van der Waals surface area contributed by atoms with E-state index >= 15 is 0 Å². The highest BCUT2D eigenvalue weighted by Gasteiger charge is 2.58. The van der Waals surface area contributed by atoms with Gasteiger partial charge in [-0.3, -0.25) is 19.3 Å². The van der Waals surface area contributed by atoms with E-state index in [0.29, 0.717) is 25.8 Å². The average Bonchev–Trinajstić information content (AvgIpc) is 3.32. The third kappa shape index (κ3) is 3.22. The molecule has 2 fully saturated rings. The Kier molecular flexibility index (Phi) is 4.68. The van der Waals surface area contributed by atoms with Crippen molar-refractivity contribution in [3.8, 4) is 5.75 Å². The number of hydrogen-bond acceptors (Lipinski definition) is 5. The Bertz CT molecular complexity index is 776. The molecule has 2 aliphatic carbocycles. The van der Waals surface area contributed by atoms with Gasteiger partial charge >= 0.3 is 0 Å². The molecule has 2 bridgehead atoms. The summed E-state index contributed by atoms with van der Waals surface area (Å²) in [6, 6.07) is 3.05. The lowest BCUT2D eigenvalue weighted by Gasteiger charge is -2.17. The fourth-order valence-corrected chi connectivity index (χ4v) is 4.60. The molecule has 27 heavy (non-hydrogen) atoms. The average molecular weight is 369 g/mol. The first-order valence-electron chi connectivity index (χ1n) is 9.53. The Morgan fingerprint density at radius 2 is 1.85 bits per heavy atom. The Hall–Kier alpha value is -2.70. The Morgan fingerprint density at radius 1 is 1.15 bits per heavy atom. The Morgan fingerprint density at radius 3 is 2.52 bits per heavy atom. The number of carbonyl (C=O) groups excluding carboxylic acids is 3. The van der Waals surface area contributed by atoms with E-state index in [-0.39, 0.29) is 53.0 Å². The van der Waals surface area contributed by atoms with Gasteiger partial charge in [-0.2, -0.15) is 0 Å². The zero-order valence-corrected chi connectivity index (χ0v) is 15.0. The molecular weight excluding hydrogens is 346 g/mol. The highest BCUT2D eigenvalue weighted by Crippen LogP contribution is 2.52. The van der Waals surface area contributed by atoms with Crippen LogP contribution in [-0.2, 0) is 14.4 Å². The predicted octanol–water partition coefficient (Wildman–Crippen LogP) is 2.09. The maximum Gasteiger partial charge on any atom is 0.233 e. The summed E-state index contributed by atoms with van der Waals surface area (Å²) < 4.78 is 0. The van der Waals surface area contributed by atoms with Crippen LogP contribution in [0.25, 0.3) is 0 Å². The van der Waals surface area contributed by atoms with Crippen molar-refractivity contribution < 1.29 is 19.5 Å². The SMILES string of the molecule is O=C(CCCCCN1C(=O)[C@H]2[C@H](C1=O)[C@H]1C=C[C@H]2C1)Nc1ncccc1O. The number of hydrogen-bond donors (Lipinski definition) is 2. The topological polar surface area (TPSA) is 99.6 Å². The molecule has 7 heteroatoms. The Balaban J connectivity index is 1.19. The van der Waals surface area contributed by atoms with E-state index in [0.717, 1.165) is 12.8 Å². The summed E-state index contributed by atoms with van der Waals surface area (Å²) in [5.74, 6) is 0.0800. The van der Waals surface area contributed by atoms with Crippen LogP contribution >= 0.6 is 0 Å². The monoisotopic (exact) mass is 369 g/mol. The van der Waals surface area contributed by atoms with E-state index < -0.39 is 0 Å². The summed E-state index contributed by atoms with van der Waals surface area (Å²) in [5, 5.41) is 12.2. The van der Waals surface area contributed by atoms with Gasteiger partial charge in [0, 0.05) is 19.2 Å². The minimum Gasteiger partial charge on any atom is -0.504 e. The normalized spacial score (nSPS) is 28.1. The number of unbranched alkanes of at least 4 members (excludes halogenated alkanes) is 2. The van der Waals surface area contributed by atoms with Crippen molar-refractivity contribution >= 4 is 23.5 Å². The number of allylic oxidation sites excluding steroid dienone is 2. The highest BCUT2D eigenvalue weighted by molar-refractivity contribution is 6.06. The highest BCUT2D eigenvalue weighted by atomic mass is 16.3. The van der Waals surface area contributed by atoms with Gasteiger partial charge in [-0.15, -0.1) is 0 Å². The second kappa shape index (κ2) is 7.13. The molecule has 0 aromatic carbocycles. The molecule has 0 radical (unpaired) electrons. The Labute approximate surface area is 157 Å². The van der Waals surface area contributed by atoms with Crippen LogP contribution in [0, 0.1) is 23.7 Å². The number of anilines is 1. The molecule has 3 aliphatic rings. The van der Waals surface area contributed by atoms with Crippen LogP contribution in [0.3, 0.4) is 0 Å². The molecule has 1 aromatic rings. The van der Waals surface area contributed by atoms with E-state index in [2.05, 4.69) is 22.5 Å². The van der Waals surface area contributed by atoms with Gasteiger partial charge in [-0.1, -0.05) is 18.6 Å². The molecule has 1 saturated heterocycles. The molecule has 1 aromatic heterocycles. The van der Waals surface area contributed by atoms with E-state index in [9.17, 15) is 19.5 Å². The first kappa shape index (κ1) is 17.7. The van der Waals surface area contributed by atoms with Crippen LogP contribution in [0.15, 0.2) is 30.5 Å². The van der Waals surface area contributed by atoms with E-state index in [1.165, 1.54) is 17.2 Å². The number of likely N-dealkylation sites (tertiary alicyclic amines) is 1. The first-order chi connectivity index (χ1) is 13.1. The van der Waals surface area contributed by atoms with Gasteiger partial charge in [0.2, 0.25) is 17.7 Å². The summed E-state index contributed by atoms with van der Waals surface area (Å²) in [5.41, 5.74) is 0. The van der Waals surface area contributed by atoms with Crippen LogP contribution in [0.1, 0.15) is 32.1 Å². The maximum atomic E-state index is 12.6. The van der Waals surface area contributed by atoms with Crippen molar-refractivity contribution in [3.05, 3.63) is 30.5 Å². The minimum atomic E-state index is -0.213. The van der Waals surface area contributed by atoms with Crippen molar-refractivity contribution in [2.24, 2.45) is 23.7 Å². The molecule has 0 spiro atoms.